The fourth-order valence-corrected chi connectivity index (χ4v) is 4.35. The zero-order valence-electron chi connectivity index (χ0n) is 17.6. The maximum Gasteiger partial charge on any atom is 0.266 e. The van der Waals surface area contributed by atoms with Crippen molar-refractivity contribution in [3.05, 3.63) is 58.5 Å². The lowest BCUT2D eigenvalue weighted by molar-refractivity contribution is -0.122. The Morgan fingerprint density at radius 1 is 1.16 bits per heavy atom. The number of likely N-dealkylation sites (N-methyl/N-ethyl adjacent to an activating group) is 1. The van der Waals surface area contributed by atoms with E-state index in [4.69, 9.17) is 21.7 Å². The van der Waals surface area contributed by atoms with Crippen LogP contribution in [0.15, 0.2) is 47.4 Å². The highest BCUT2D eigenvalue weighted by atomic mass is 32.2. The number of rotatable bonds is 8. The smallest absolute Gasteiger partial charge is 0.266 e. The Labute approximate surface area is 191 Å². The van der Waals surface area contributed by atoms with Gasteiger partial charge < -0.3 is 14.8 Å². The van der Waals surface area contributed by atoms with Crippen LogP contribution in [-0.4, -0.2) is 40.8 Å². The molecule has 8 heteroatoms. The second-order valence-electron chi connectivity index (χ2n) is 6.72. The Bertz CT molecular complexity index is 1040. The summed E-state index contributed by atoms with van der Waals surface area (Å²) in [7, 11) is 0. The van der Waals surface area contributed by atoms with Crippen molar-refractivity contribution in [3.8, 4) is 11.5 Å². The standard InChI is InChI=1S/C23H24N2O4S2/c1-4-25-22(27)20(31-23(25)30)13-16-10-11-18(19(12-16)28-5-2)29-14-21(26)24-17-9-7-6-8-15(17)3/h6-13H,4-5,14H2,1-3H3,(H,24,26)/b20-13+. The Balaban J connectivity index is 1.71. The van der Waals surface area contributed by atoms with Crippen LogP contribution in [0.4, 0.5) is 5.69 Å². The van der Waals surface area contributed by atoms with Gasteiger partial charge in [-0.15, -0.1) is 0 Å². The highest BCUT2D eigenvalue weighted by Crippen LogP contribution is 2.34. The molecule has 0 unspecified atom stereocenters. The zero-order valence-corrected chi connectivity index (χ0v) is 19.3. The van der Waals surface area contributed by atoms with E-state index in [1.165, 1.54) is 11.8 Å². The van der Waals surface area contributed by atoms with E-state index in [2.05, 4.69) is 5.32 Å². The molecule has 2 amide bonds. The van der Waals surface area contributed by atoms with Gasteiger partial charge in [0.05, 0.1) is 11.5 Å². The number of hydrogen-bond acceptors (Lipinski definition) is 6. The van der Waals surface area contributed by atoms with Crippen LogP contribution in [0, 0.1) is 6.92 Å². The van der Waals surface area contributed by atoms with Gasteiger partial charge in [0.15, 0.2) is 18.1 Å². The van der Waals surface area contributed by atoms with Gasteiger partial charge >= 0.3 is 0 Å². The molecule has 31 heavy (non-hydrogen) atoms. The summed E-state index contributed by atoms with van der Waals surface area (Å²) in [5.74, 6) is 0.610. The second kappa shape index (κ2) is 10.5. The molecule has 0 aromatic heterocycles. The van der Waals surface area contributed by atoms with Gasteiger partial charge in [-0.1, -0.05) is 48.2 Å². The third kappa shape index (κ3) is 5.65. The van der Waals surface area contributed by atoms with Gasteiger partial charge in [0.2, 0.25) is 0 Å². The largest absolute Gasteiger partial charge is 0.490 e. The van der Waals surface area contributed by atoms with Gasteiger partial charge in [-0.25, -0.2) is 0 Å². The minimum Gasteiger partial charge on any atom is -0.490 e. The van der Waals surface area contributed by atoms with Crippen LogP contribution in [0.2, 0.25) is 0 Å². The molecule has 1 aliphatic heterocycles. The van der Waals surface area contributed by atoms with E-state index < -0.39 is 0 Å². The SMILES string of the molecule is CCOc1cc(/C=C2/SC(=S)N(CC)C2=O)ccc1OCC(=O)Nc1ccccc1C. The number of hydrogen-bond donors (Lipinski definition) is 1. The minimum atomic E-state index is -0.260. The van der Waals surface area contributed by atoms with Crippen molar-refractivity contribution in [1.29, 1.82) is 0 Å². The third-order valence-electron chi connectivity index (χ3n) is 4.53. The van der Waals surface area contributed by atoms with Gasteiger partial charge in [-0.3, -0.25) is 14.5 Å². The summed E-state index contributed by atoms with van der Waals surface area (Å²) >= 11 is 6.54. The van der Waals surface area contributed by atoms with E-state index >= 15 is 0 Å². The van der Waals surface area contributed by atoms with Gasteiger partial charge in [-0.05, 0) is 56.2 Å². The molecule has 0 saturated carbocycles. The number of ether oxygens (including phenoxy) is 2. The minimum absolute atomic E-state index is 0.0938. The highest BCUT2D eigenvalue weighted by molar-refractivity contribution is 8.26. The summed E-state index contributed by atoms with van der Waals surface area (Å²) in [5, 5.41) is 2.84. The van der Waals surface area contributed by atoms with Gasteiger partial charge in [0, 0.05) is 12.2 Å². The predicted molar refractivity (Wildman–Crippen MR) is 128 cm³/mol. The monoisotopic (exact) mass is 456 g/mol. The fourth-order valence-electron chi connectivity index (χ4n) is 2.97. The normalized spacial score (nSPS) is 14.8. The van der Waals surface area contributed by atoms with Crippen molar-refractivity contribution >= 4 is 51.9 Å². The number of thioether (sulfide) groups is 1. The molecule has 0 aliphatic carbocycles. The lowest BCUT2D eigenvalue weighted by Crippen LogP contribution is -2.27. The van der Waals surface area contributed by atoms with Crippen LogP contribution in [0.3, 0.4) is 0 Å². The molecular weight excluding hydrogens is 432 g/mol. The van der Waals surface area contributed by atoms with Crippen molar-refractivity contribution in [3.63, 3.8) is 0 Å². The molecule has 0 bridgehead atoms. The molecule has 0 atom stereocenters. The Morgan fingerprint density at radius 3 is 2.61 bits per heavy atom. The number of nitrogens with zero attached hydrogens (tertiary/aromatic N) is 1. The summed E-state index contributed by atoms with van der Waals surface area (Å²) in [5.41, 5.74) is 2.52. The van der Waals surface area contributed by atoms with E-state index in [1.54, 1.807) is 23.1 Å². The van der Waals surface area contributed by atoms with Crippen LogP contribution < -0.4 is 14.8 Å². The number of anilines is 1. The highest BCUT2D eigenvalue weighted by Gasteiger charge is 2.30. The molecule has 2 aromatic rings. The number of amides is 2. The molecule has 0 spiro atoms. The van der Waals surface area contributed by atoms with Crippen molar-refractivity contribution in [2.75, 3.05) is 25.1 Å². The summed E-state index contributed by atoms with van der Waals surface area (Å²) in [6.07, 6.45) is 1.78. The van der Waals surface area contributed by atoms with E-state index in [-0.39, 0.29) is 18.4 Å². The van der Waals surface area contributed by atoms with Gasteiger partial charge in [-0.2, -0.15) is 0 Å². The average molecular weight is 457 g/mol. The topological polar surface area (TPSA) is 67.9 Å². The first-order chi connectivity index (χ1) is 14.9. The summed E-state index contributed by atoms with van der Waals surface area (Å²) in [4.78, 5) is 26.9. The second-order valence-corrected chi connectivity index (χ2v) is 8.39. The molecule has 6 nitrogen and oxygen atoms in total. The van der Waals surface area contributed by atoms with E-state index in [9.17, 15) is 9.59 Å². The van der Waals surface area contributed by atoms with Crippen molar-refractivity contribution in [1.82, 2.24) is 4.90 Å². The van der Waals surface area contributed by atoms with E-state index in [1.807, 2.05) is 51.1 Å². The number of carbonyl (C=O) groups is 2. The number of aryl methyl sites for hydroxylation is 1. The van der Waals surface area contributed by atoms with Crippen LogP contribution in [0.25, 0.3) is 6.08 Å². The van der Waals surface area contributed by atoms with Crippen LogP contribution >= 0.6 is 24.0 Å². The Kier molecular flexibility index (Phi) is 7.70. The summed E-state index contributed by atoms with van der Waals surface area (Å²) < 4.78 is 11.9. The Morgan fingerprint density at radius 2 is 1.94 bits per heavy atom. The summed E-state index contributed by atoms with van der Waals surface area (Å²) in [6.45, 7) is 6.52. The van der Waals surface area contributed by atoms with Crippen LogP contribution in [0.1, 0.15) is 25.0 Å². The summed E-state index contributed by atoms with van der Waals surface area (Å²) in [6, 6.07) is 12.9. The molecular formula is C23H24N2O4S2. The number of nitrogens with one attached hydrogen (secondary N) is 1. The number of carbonyl (C=O) groups excluding carboxylic acids is 2. The lowest BCUT2D eigenvalue weighted by atomic mass is 10.2. The fraction of sp³-hybridized carbons (Fsp3) is 0.261. The van der Waals surface area contributed by atoms with Crippen LogP contribution in [0.5, 0.6) is 11.5 Å². The molecule has 1 saturated heterocycles. The van der Waals surface area contributed by atoms with Crippen molar-refractivity contribution in [2.24, 2.45) is 0 Å². The molecule has 1 N–H and O–H groups in total. The zero-order chi connectivity index (χ0) is 22.4. The Hall–Kier alpha value is -2.84. The molecule has 162 valence electrons. The number of thiocarbonyl (C=S) groups is 1. The van der Waals surface area contributed by atoms with Gasteiger partial charge in [0.25, 0.3) is 11.8 Å². The lowest BCUT2D eigenvalue weighted by Gasteiger charge is -2.13. The molecule has 1 fully saturated rings. The first-order valence-corrected chi connectivity index (χ1v) is 11.2. The molecule has 2 aromatic carbocycles. The van der Waals surface area contributed by atoms with Crippen LogP contribution in [-0.2, 0) is 9.59 Å². The maximum atomic E-state index is 12.4. The molecule has 1 aliphatic rings. The molecule has 1 heterocycles. The van der Waals surface area contributed by atoms with E-state index in [0.29, 0.717) is 33.9 Å². The third-order valence-corrected chi connectivity index (χ3v) is 5.91. The number of para-hydroxylation sites is 1. The molecule has 0 radical (unpaired) electrons. The van der Waals surface area contributed by atoms with Crippen molar-refractivity contribution in [2.45, 2.75) is 20.8 Å². The van der Waals surface area contributed by atoms with Crippen molar-refractivity contribution < 1.29 is 19.1 Å². The predicted octanol–water partition coefficient (Wildman–Crippen LogP) is 4.63. The van der Waals surface area contributed by atoms with Gasteiger partial charge in [0.1, 0.15) is 4.32 Å². The maximum absolute atomic E-state index is 12.4. The first-order valence-electron chi connectivity index (χ1n) is 9.93. The molecule has 3 rings (SSSR count). The first kappa shape index (κ1) is 22.8. The quantitative estimate of drug-likeness (QED) is 0.461. The van der Waals surface area contributed by atoms with E-state index in [0.717, 1.165) is 16.8 Å². The number of benzene rings is 2. The average Bonchev–Trinajstić information content (AvgIpc) is 3.01.